The number of carbonyl (C=O) groups excluding carboxylic acids is 2. The summed E-state index contributed by atoms with van der Waals surface area (Å²) in [5.41, 5.74) is 0. The highest BCUT2D eigenvalue weighted by atomic mass is 16.4. The van der Waals surface area contributed by atoms with E-state index in [0.29, 0.717) is 19.5 Å². The number of carbonyl (C=O) groups is 3. The maximum Gasteiger partial charge on any atom is 0.303 e. The first kappa shape index (κ1) is 16.5. The maximum absolute atomic E-state index is 12.0. The van der Waals surface area contributed by atoms with Gasteiger partial charge in [-0.3, -0.25) is 14.4 Å². The zero-order valence-corrected chi connectivity index (χ0v) is 12.1. The van der Waals surface area contributed by atoms with E-state index < -0.39 is 5.97 Å². The molecular formula is C14H24N2O4. The van der Waals surface area contributed by atoms with Gasteiger partial charge in [-0.1, -0.05) is 6.42 Å². The number of aliphatic carboxylic acids is 1. The Morgan fingerprint density at radius 2 is 2.00 bits per heavy atom. The molecule has 0 aromatic carbocycles. The van der Waals surface area contributed by atoms with Crippen molar-refractivity contribution in [3.05, 3.63) is 0 Å². The molecule has 0 aromatic heterocycles. The highest BCUT2D eigenvalue weighted by molar-refractivity contribution is 5.80. The standard InChI is InChI=1S/C14H24N2O4/c1-11(17)16-9-5-6-12(10-16)14(20)15-8-4-2-3-7-13(18)19/h12H,2-10H2,1H3,(H,15,20)(H,18,19). The van der Waals surface area contributed by atoms with Crippen molar-refractivity contribution in [1.29, 1.82) is 0 Å². The van der Waals surface area contributed by atoms with Crippen LogP contribution >= 0.6 is 0 Å². The van der Waals surface area contributed by atoms with Crippen molar-refractivity contribution in [2.24, 2.45) is 5.92 Å². The van der Waals surface area contributed by atoms with Crippen molar-refractivity contribution < 1.29 is 19.5 Å². The van der Waals surface area contributed by atoms with Crippen LogP contribution in [0.15, 0.2) is 0 Å². The number of nitrogens with one attached hydrogen (secondary N) is 1. The van der Waals surface area contributed by atoms with Gasteiger partial charge in [-0.2, -0.15) is 0 Å². The molecule has 1 atom stereocenters. The number of rotatable bonds is 7. The number of carboxylic acid groups (broad SMARTS) is 1. The number of amides is 2. The Hall–Kier alpha value is -1.59. The monoisotopic (exact) mass is 284 g/mol. The molecule has 0 bridgehead atoms. The van der Waals surface area contributed by atoms with Gasteiger partial charge in [0.15, 0.2) is 0 Å². The third-order valence-corrected chi connectivity index (χ3v) is 3.60. The summed E-state index contributed by atoms with van der Waals surface area (Å²) in [5.74, 6) is -0.849. The van der Waals surface area contributed by atoms with E-state index in [1.807, 2.05) is 0 Å². The Morgan fingerprint density at radius 3 is 2.65 bits per heavy atom. The first-order valence-electron chi connectivity index (χ1n) is 7.25. The second-order valence-corrected chi connectivity index (χ2v) is 5.30. The minimum absolute atomic E-state index is 0.00850. The van der Waals surface area contributed by atoms with Crippen LogP contribution < -0.4 is 5.32 Å². The molecule has 1 rings (SSSR count). The van der Waals surface area contributed by atoms with Crippen LogP contribution in [-0.4, -0.2) is 47.4 Å². The molecule has 6 heteroatoms. The van der Waals surface area contributed by atoms with Crippen LogP contribution in [0.25, 0.3) is 0 Å². The topological polar surface area (TPSA) is 86.7 Å². The molecule has 1 unspecified atom stereocenters. The first-order valence-corrected chi connectivity index (χ1v) is 7.25. The molecule has 0 aromatic rings. The lowest BCUT2D eigenvalue weighted by molar-refractivity contribution is -0.137. The lowest BCUT2D eigenvalue weighted by atomic mass is 9.97. The third kappa shape index (κ3) is 6.04. The summed E-state index contributed by atoms with van der Waals surface area (Å²) in [6.07, 6.45) is 4.13. The fourth-order valence-electron chi connectivity index (χ4n) is 2.41. The predicted octanol–water partition coefficient (Wildman–Crippen LogP) is 1.01. The molecule has 0 spiro atoms. The molecule has 1 fully saturated rings. The Kier molecular flexibility index (Phi) is 7.04. The summed E-state index contributed by atoms with van der Waals surface area (Å²) >= 11 is 0. The number of hydrogen-bond donors (Lipinski definition) is 2. The van der Waals surface area contributed by atoms with E-state index in [1.165, 1.54) is 6.92 Å². The van der Waals surface area contributed by atoms with Crippen LogP contribution in [0, 0.1) is 5.92 Å². The van der Waals surface area contributed by atoms with Gasteiger partial charge in [0, 0.05) is 33.0 Å². The molecule has 114 valence electrons. The van der Waals surface area contributed by atoms with E-state index in [2.05, 4.69) is 5.32 Å². The molecule has 0 aliphatic carbocycles. The Morgan fingerprint density at radius 1 is 1.25 bits per heavy atom. The summed E-state index contributed by atoms with van der Waals surface area (Å²) < 4.78 is 0. The zero-order valence-electron chi connectivity index (χ0n) is 12.1. The van der Waals surface area contributed by atoms with Gasteiger partial charge in [-0.05, 0) is 25.7 Å². The van der Waals surface area contributed by atoms with Crippen molar-refractivity contribution in [2.75, 3.05) is 19.6 Å². The van der Waals surface area contributed by atoms with Gasteiger partial charge in [0.1, 0.15) is 0 Å². The van der Waals surface area contributed by atoms with Crippen LogP contribution in [0.5, 0.6) is 0 Å². The van der Waals surface area contributed by atoms with E-state index in [1.54, 1.807) is 4.90 Å². The molecular weight excluding hydrogens is 260 g/mol. The van der Waals surface area contributed by atoms with Crippen LogP contribution in [0.4, 0.5) is 0 Å². The van der Waals surface area contributed by atoms with Crippen molar-refractivity contribution in [2.45, 2.75) is 45.4 Å². The summed E-state index contributed by atoms with van der Waals surface area (Å²) in [5, 5.41) is 11.4. The summed E-state index contributed by atoms with van der Waals surface area (Å²) in [6, 6.07) is 0. The SMILES string of the molecule is CC(=O)N1CCCC(C(=O)NCCCCCC(=O)O)C1. The number of carboxylic acids is 1. The summed E-state index contributed by atoms with van der Waals surface area (Å²) in [7, 11) is 0. The molecule has 1 heterocycles. The fraction of sp³-hybridized carbons (Fsp3) is 0.786. The number of piperidine rings is 1. The predicted molar refractivity (Wildman–Crippen MR) is 74.1 cm³/mol. The molecule has 1 aliphatic rings. The second-order valence-electron chi connectivity index (χ2n) is 5.30. The Labute approximate surface area is 119 Å². The van der Waals surface area contributed by atoms with Crippen LogP contribution in [0.2, 0.25) is 0 Å². The van der Waals surface area contributed by atoms with Crippen molar-refractivity contribution in [3.8, 4) is 0 Å². The van der Waals surface area contributed by atoms with Crippen LogP contribution in [0.1, 0.15) is 45.4 Å². The molecule has 0 radical (unpaired) electrons. The average molecular weight is 284 g/mol. The van der Waals surface area contributed by atoms with Gasteiger partial charge in [-0.25, -0.2) is 0 Å². The smallest absolute Gasteiger partial charge is 0.303 e. The van der Waals surface area contributed by atoms with E-state index in [4.69, 9.17) is 5.11 Å². The van der Waals surface area contributed by atoms with Gasteiger partial charge < -0.3 is 15.3 Å². The second kappa shape index (κ2) is 8.55. The first-order chi connectivity index (χ1) is 9.50. The van der Waals surface area contributed by atoms with Gasteiger partial charge in [0.25, 0.3) is 0 Å². The highest BCUT2D eigenvalue weighted by Crippen LogP contribution is 2.16. The normalized spacial score (nSPS) is 18.6. The molecule has 6 nitrogen and oxygen atoms in total. The van der Waals surface area contributed by atoms with Crippen molar-refractivity contribution in [1.82, 2.24) is 10.2 Å². The van der Waals surface area contributed by atoms with E-state index in [-0.39, 0.29) is 24.2 Å². The van der Waals surface area contributed by atoms with Gasteiger partial charge >= 0.3 is 5.97 Å². The molecule has 0 saturated carbocycles. The quantitative estimate of drug-likeness (QED) is 0.683. The van der Waals surface area contributed by atoms with Gasteiger partial charge in [-0.15, -0.1) is 0 Å². The zero-order chi connectivity index (χ0) is 15.0. The largest absolute Gasteiger partial charge is 0.481 e. The maximum atomic E-state index is 12.0. The summed E-state index contributed by atoms with van der Waals surface area (Å²) in [6.45, 7) is 3.37. The van der Waals surface area contributed by atoms with Crippen molar-refractivity contribution >= 4 is 17.8 Å². The fourth-order valence-corrected chi connectivity index (χ4v) is 2.41. The van der Waals surface area contributed by atoms with E-state index in [0.717, 1.165) is 32.2 Å². The molecule has 1 aliphatic heterocycles. The van der Waals surface area contributed by atoms with Crippen molar-refractivity contribution in [3.63, 3.8) is 0 Å². The number of nitrogens with zero attached hydrogens (tertiary/aromatic N) is 1. The number of unbranched alkanes of at least 4 members (excludes halogenated alkanes) is 2. The van der Waals surface area contributed by atoms with Gasteiger partial charge in [0.2, 0.25) is 11.8 Å². The van der Waals surface area contributed by atoms with E-state index in [9.17, 15) is 14.4 Å². The van der Waals surface area contributed by atoms with Gasteiger partial charge in [0.05, 0.1) is 5.92 Å². The van der Waals surface area contributed by atoms with Crippen LogP contribution in [-0.2, 0) is 14.4 Å². The minimum atomic E-state index is -0.777. The van der Waals surface area contributed by atoms with Crippen LogP contribution in [0.3, 0.4) is 0 Å². The third-order valence-electron chi connectivity index (χ3n) is 3.60. The highest BCUT2D eigenvalue weighted by Gasteiger charge is 2.26. The Balaban J connectivity index is 2.15. The lowest BCUT2D eigenvalue weighted by Gasteiger charge is -2.31. The molecule has 2 amide bonds. The number of hydrogen-bond acceptors (Lipinski definition) is 3. The average Bonchev–Trinajstić information content (AvgIpc) is 2.42. The lowest BCUT2D eigenvalue weighted by Crippen LogP contribution is -2.44. The minimum Gasteiger partial charge on any atom is -0.481 e. The number of likely N-dealkylation sites (tertiary alicyclic amines) is 1. The molecule has 20 heavy (non-hydrogen) atoms. The summed E-state index contributed by atoms with van der Waals surface area (Å²) in [4.78, 5) is 35.3. The molecule has 2 N–H and O–H groups in total. The van der Waals surface area contributed by atoms with E-state index >= 15 is 0 Å². The molecule has 1 saturated heterocycles. The Bertz CT molecular complexity index is 357.